The van der Waals surface area contributed by atoms with Crippen molar-refractivity contribution in [1.29, 1.82) is 0 Å². The Kier molecular flexibility index (Phi) is 5.41. The quantitative estimate of drug-likeness (QED) is 0.609. The Morgan fingerprint density at radius 2 is 1.88 bits per heavy atom. The molecule has 1 atom stereocenters. The SMILES string of the molecule is CC[C@@H](C)[NH+]1CCN(C(=O)CCC(=O)[O-])CC1. The van der Waals surface area contributed by atoms with Crippen LogP contribution in [0.4, 0.5) is 0 Å². The number of carboxylic acids is 1. The summed E-state index contributed by atoms with van der Waals surface area (Å²) < 4.78 is 0. The van der Waals surface area contributed by atoms with Crippen molar-refractivity contribution in [3.8, 4) is 0 Å². The number of nitrogens with zero attached hydrogens (tertiary/aromatic N) is 1. The molecule has 5 heteroatoms. The van der Waals surface area contributed by atoms with Crippen molar-refractivity contribution in [3.63, 3.8) is 0 Å². The lowest BCUT2D eigenvalue weighted by atomic mass is 10.2. The Hall–Kier alpha value is -1.10. The summed E-state index contributed by atoms with van der Waals surface area (Å²) in [6, 6.07) is 0.635. The highest BCUT2D eigenvalue weighted by Crippen LogP contribution is 1.99. The van der Waals surface area contributed by atoms with Crippen molar-refractivity contribution in [1.82, 2.24) is 4.90 Å². The minimum Gasteiger partial charge on any atom is -0.550 e. The second-order valence-electron chi connectivity index (χ2n) is 4.72. The molecule has 17 heavy (non-hydrogen) atoms. The smallest absolute Gasteiger partial charge is 0.223 e. The molecule has 1 N–H and O–H groups in total. The molecule has 0 radical (unpaired) electrons. The van der Waals surface area contributed by atoms with E-state index in [2.05, 4.69) is 13.8 Å². The summed E-state index contributed by atoms with van der Waals surface area (Å²) in [5.41, 5.74) is 0. The Bertz CT molecular complexity index is 273. The van der Waals surface area contributed by atoms with E-state index in [0.29, 0.717) is 6.04 Å². The van der Waals surface area contributed by atoms with Gasteiger partial charge in [0.1, 0.15) is 0 Å². The third-order valence-electron chi connectivity index (χ3n) is 3.61. The van der Waals surface area contributed by atoms with E-state index in [9.17, 15) is 14.7 Å². The van der Waals surface area contributed by atoms with Crippen LogP contribution in [0.1, 0.15) is 33.1 Å². The van der Waals surface area contributed by atoms with Crippen LogP contribution in [0.2, 0.25) is 0 Å². The Morgan fingerprint density at radius 1 is 1.29 bits per heavy atom. The van der Waals surface area contributed by atoms with Crippen LogP contribution in [-0.4, -0.2) is 49.0 Å². The summed E-state index contributed by atoms with van der Waals surface area (Å²) in [7, 11) is 0. The molecule has 1 aliphatic heterocycles. The van der Waals surface area contributed by atoms with Crippen molar-refractivity contribution < 1.29 is 19.6 Å². The van der Waals surface area contributed by atoms with Gasteiger partial charge in [0.05, 0.1) is 32.2 Å². The van der Waals surface area contributed by atoms with Crippen molar-refractivity contribution in [2.24, 2.45) is 0 Å². The second-order valence-corrected chi connectivity index (χ2v) is 4.72. The van der Waals surface area contributed by atoms with Gasteiger partial charge in [0.25, 0.3) is 0 Å². The molecule has 0 aromatic heterocycles. The van der Waals surface area contributed by atoms with Crippen LogP contribution in [-0.2, 0) is 9.59 Å². The number of amides is 1. The van der Waals surface area contributed by atoms with Gasteiger partial charge < -0.3 is 19.7 Å². The first-order chi connectivity index (χ1) is 8.04. The van der Waals surface area contributed by atoms with Crippen LogP contribution in [0.15, 0.2) is 0 Å². The van der Waals surface area contributed by atoms with Gasteiger partial charge in [-0.2, -0.15) is 0 Å². The molecule has 1 amide bonds. The van der Waals surface area contributed by atoms with Gasteiger partial charge in [0, 0.05) is 12.4 Å². The van der Waals surface area contributed by atoms with Crippen LogP contribution < -0.4 is 10.0 Å². The molecule has 0 aliphatic carbocycles. The fourth-order valence-electron chi connectivity index (χ4n) is 2.19. The largest absolute Gasteiger partial charge is 0.550 e. The van der Waals surface area contributed by atoms with E-state index in [1.165, 1.54) is 4.90 Å². The average molecular weight is 242 g/mol. The molecule has 1 rings (SSSR count). The van der Waals surface area contributed by atoms with Crippen LogP contribution in [0.25, 0.3) is 0 Å². The third-order valence-corrected chi connectivity index (χ3v) is 3.61. The highest BCUT2D eigenvalue weighted by atomic mass is 16.4. The van der Waals surface area contributed by atoms with E-state index >= 15 is 0 Å². The molecule has 1 heterocycles. The molecule has 0 saturated carbocycles. The minimum atomic E-state index is -1.15. The second kappa shape index (κ2) is 6.59. The van der Waals surface area contributed by atoms with E-state index < -0.39 is 5.97 Å². The van der Waals surface area contributed by atoms with Crippen molar-refractivity contribution in [3.05, 3.63) is 0 Å². The number of piperazine rings is 1. The number of hydrogen-bond acceptors (Lipinski definition) is 3. The number of quaternary nitrogens is 1. The van der Waals surface area contributed by atoms with Gasteiger partial charge in [-0.25, -0.2) is 0 Å². The predicted molar refractivity (Wildman–Crippen MR) is 61.3 cm³/mol. The van der Waals surface area contributed by atoms with Gasteiger partial charge >= 0.3 is 0 Å². The zero-order chi connectivity index (χ0) is 12.8. The first kappa shape index (κ1) is 14.0. The zero-order valence-electron chi connectivity index (χ0n) is 10.7. The maximum Gasteiger partial charge on any atom is 0.223 e. The summed E-state index contributed by atoms with van der Waals surface area (Å²) in [4.78, 5) is 25.3. The van der Waals surface area contributed by atoms with Crippen LogP contribution >= 0.6 is 0 Å². The molecule has 0 aromatic rings. The molecule has 98 valence electrons. The average Bonchev–Trinajstić information content (AvgIpc) is 2.35. The van der Waals surface area contributed by atoms with Gasteiger partial charge in [-0.05, 0) is 19.8 Å². The normalized spacial score (nSPS) is 19.1. The first-order valence-corrected chi connectivity index (χ1v) is 6.36. The summed E-state index contributed by atoms with van der Waals surface area (Å²) in [6.45, 7) is 7.81. The maximum atomic E-state index is 11.7. The lowest BCUT2D eigenvalue weighted by Crippen LogP contribution is -3.17. The maximum absolute atomic E-state index is 11.7. The number of hydrogen-bond donors (Lipinski definition) is 1. The highest BCUT2D eigenvalue weighted by Gasteiger charge is 2.25. The monoisotopic (exact) mass is 242 g/mol. The molecule has 1 saturated heterocycles. The van der Waals surface area contributed by atoms with Crippen molar-refractivity contribution in [2.75, 3.05) is 26.2 Å². The molecule has 0 spiro atoms. The van der Waals surface area contributed by atoms with Gasteiger partial charge in [-0.15, -0.1) is 0 Å². The minimum absolute atomic E-state index is 0.0580. The number of aliphatic carboxylic acids is 1. The van der Waals surface area contributed by atoms with Gasteiger partial charge in [0.15, 0.2) is 0 Å². The van der Waals surface area contributed by atoms with Gasteiger partial charge in [-0.1, -0.05) is 6.92 Å². The van der Waals surface area contributed by atoms with Gasteiger partial charge in [-0.3, -0.25) is 4.79 Å². The Morgan fingerprint density at radius 3 is 2.35 bits per heavy atom. The van der Waals surface area contributed by atoms with E-state index in [0.717, 1.165) is 32.6 Å². The fraction of sp³-hybridized carbons (Fsp3) is 0.833. The van der Waals surface area contributed by atoms with Crippen LogP contribution in [0, 0.1) is 0 Å². The van der Waals surface area contributed by atoms with E-state index in [1.54, 1.807) is 4.90 Å². The van der Waals surface area contributed by atoms with E-state index in [1.807, 2.05) is 0 Å². The molecule has 0 aromatic carbocycles. The third kappa shape index (κ3) is 4.34. The van der Waals surface area contributed by atoms with Gasteiger partial charge in [0.2, 0.25) is 5.91 Å². The summed E-state index contributed by atoms with van der Waals surface area (Å²) >= 11 is 0. The standard InChI is InChI=1S/C12H22N2O3/c1-3-10(2)13-6-8-14(9-7-13)11(15)4-5-12(16)17/h10H,3-9H2,1-2H3,(H,16,17)/t10-/m1/s1. The fourth-order valence-corrected chi connectivity index (χ4v) is 2.19. The molecule has 1 aliphatic rings. The Balaban J connectivity index is 2.31. The first-order valence-electron chi connectivity index (χ1n) is 6.36. The molecule has 1 fully saturated rings. The van der Waals surface area contributed by atoms with Crippen LogP contribution in [0.3, 0.4) is 0 Å². The number of rotatable bonds is 5. The molecule has 5 nitrogen and oxygen atoms in total. The molecular formula is C12H22N2O3. The summed E-state index contributed by atoms with van der Waals surface area (Å²) in [6.07, 6.45) is 1.05. The Labute approximate surface area is 102 Å². The lowest BCUT2D eigenvalue weighted by molar-refractivity contribution is -0.927. The van der Waals surface area contributed by atoms with Crippen LogP contribution in [0.5, 0.6) is 0 Å². The topological polar surface area (TPSA) is 64.9 Å². The highest BCUT2D eigenvalue weighted by molar-refractivity contribution is 5.80. The number of carbonyl (C=O) groups is 2. The zero-order valence-corrected chi connectivity index (χ0v) is 10.7. The van der Waals surface area contributed by atoms with E-state index in [4.69, 9.17) is 0 Å². The molecule has 0 bridgehead atoms. The van der Waals surface area contributed by atoms with E-state index in [-0.39, 0.29) is 18.7 Å². The predicted octanol–water partition coefficient (Wildman–Crippen LogP) is -1.96. The summed E-state index contributed by atoms with van der Waals surface area (Å²) in [5, 5.41) is 10.3. The number of carbonyl (C=O) groups excluding carboxylic acids is 2. The summed E-state index contributed by atoms with van der Waals surface area (Å²) in [5.74, 6) is -1.21. The molecular weight excluding hydrogens is 220 g/mol. The number of nitrogens with one attached hydrogen (secondary N) is 1. The lowest BCUT2D eigenvalue weighted by Gasteiger charge is -2.35. The van der Waals surface area contributed by atoms with Crippen molar-refractivity contribution in [2.45, 2.75) is 39.2 Å². The molecule has 0 unspecified atom stereocenters. The van der Waals surface area contributed by atoms with Crippen molar-refractivity contribution >= 4 is 11.9 Å². The number of carboxylic acid groups (broad SMARTS) is 1.